The molecule has 0 aliphatic heterocycles. The van der Waals surface area contributed by atoms with Gasteiger partial charge < -0.3 is 10.3 Å². The maximum Gasteiger partial charge on any atom is 0.242 e. The topological polar surface area (TPSA) is 74.0 Å². The van der Waals surface area contributed by atoms with Crippen molar-refractivity contribution in [2.75, 3.05) is 18.6 Å². The quantitative estimate of drug-likeness (QED) is 0.647. The molecule has 0 bridgehead atoms. The summed E-state index contributed by atoms with van der Waals surface area (Å²) in [6.45, 7) is 5.49. The second kappa shape index (κ2) is 7.94. The smallest absolute Gasteiger partial charge is 0.242 e. The van der Waals surface area contributed by atoms with Crippen molar-refractivity contribution < 1.29 is 8.42 Å². The third-order valence-corrected chi connectivity index (χ3v) is 5.01. The van der Waals surface area contributed by atoms with Crippen LogP contribution in [0.1, 0.15) is 26.0 Å². The average molecular weight is 305 g/mol. The Morgan fingerprint density at radius 2 is 2.16 bits per heavy atom. The summed E-state index contributed by atoms with van der Waals surface area (Å²) >= 11 is 1.64. The van der Waals surface area contributed by atoms with Gasteiger partial charge in [-0.15, -0.1) is 0 Å². The lowest BCUT2D eigenvalue weighted by molar-refractivity contribution is 0.558. The molecule has 0 radical (unpaired) electrons. The Morgan fingerprint density at radius 1 is 1.42 bits per heavy atom. The highest BCUT2D eigenvalue weighted by molar-refractivity contribution is 7.98. The Bertz CT molecular complexity index is 471. The molecule has 0 saturated heterocycles. The van der Waals surface area contributed by atoms with Crippen LogP contribution in [-0.4, -0.2) is 38.0 Å². The summed E-state index contributed by atoms with van der Waals surface area (Å²) in [7, 11) is -3.42. The Kier molecular flexibility index (Phi) is 6.92. The molecule has 5 nitrogen and oxygen atoms in total. The molecule has 1 unspecified atom stereocenters. The first-order chi connectivity index (χ1) is 9.03. The number of aromatic nitrogens is 1. The first-order valence-corrected chi connectivity index (χ1v) is 9.30. The summed E-state index contributed by atoms with van der Waals surface area (Å²) in [5.41, 5.74) is 0.875. The van der Waals surface area contributed by atoms with Gasteiger partial charge in [0.25, 0.3) is 0 Å². The van der Waals surface area contributed by atoms with E-state index in [2.05, 4.69) is 15.0 Å². The van der Waals surface area contributed by atoms with E-state index < -0.39 is 10.0 Å². The summed E-state index contributed by atoms with van der Waals surface area (Å²) in [6, 6.07) is 1.66. The molecule has 1 heterocycles. The predicted molar refractivity (Wildman–Crippen MR) is 81.0 cm³/mol. The van der Waals surface area contributed by atoms with Gasteiger partial charge in [0.2, 0.25) is 10.0 Å². The number of H-pyrrole nitrogens is 1. The van der Waals surface area contributed by atoms with Crippen molar-refractivity contribution in [1.82, 2.24) is 15.0 Å². The van der Waals surface area contributed by atoms with E-state index in [0.29, 0.717) is 11.4 Å². The lowest BCUT2D eigenvalue weighted by Crippen LogP contribution is -2.35. The zero-order chi connectivity index (χ0) is 14.3. The van der Waals surface area contributed by atoms with E-state index in [-0.39, 0.29) is 6.04 Å². The van der Waals surface area contributed by atoms with Crippen molar-refractivity contribution in [2.24, 2.45) is 0 Å². The van der Waals surface area contributed by atoms with Gasteiger partial charge in [-0.2, -0.15) is 11.8 Å². The summed E-state index contributed by atoms with van der Waals surface area (Å²) in [5.74, 6) is 0.782. The van der Waals surface area contributed by atoms with Crippen molar-refractivity contribution in [3.63, 3.8) is 0 Å². The van der Waals surface area contributed by atoms with Gasteiger partial charge >= 0.3 is 0 Å². The van der Waals surface area contributed by atoms with Crippen LogP contribution < -0.4 is 10.0 Å². The molecule has 1 aromatic heterocycles. The minimum atomic E-state index is -3.42. The molecule has 0 aromatic carbocycles. The second-order valence-electron chi connectivity index (χ2n) is 4.32. The summed E-state index contributed by atoms with van der Waals surface area (Å²) in [5, 5.41) is 3.15. The van der Waals surface area contributed by atoms with Crippen LogP contribution in [0.4, 0.5) is 0 Å². The Labute approximate surface area is 120 Å². The lowest BCUT2D eigenvalue weighted by atomic mass is 10.3. The molecule has 1 atom stereocenters. The normalized spacial score (nSPS) is 13.6. The molecule has 0 aliphatic carbocycles. The van der Waals surface area contributed by atoms with E-state index in [1.807, 2.05) is 20.1 Å². The maximum atomic E-state index is 12.2. The van der Waals surface area contributed by atoms with Crippen molar-refractivity contribution in [1.29, 1.82) is 0 Å². The molecule has 0 aliphatic rings. The zero-order valence-corrected chi connectivity index (χ0v) is 13.3. The van der Waals surface area contributed by atoms with Crippen LogP contribution >= 0.6 is 11.8 Å². The van der Waals surface area contributed by atoms with E-state index in [1.165, 1.54) is 0 Å². The molecule has 0 amide bonds. The van der Waals surface area contributed by atoms with Gasteiger partial charge in [-0.1, -0.05) is 13.8 Å². The fourth-order valence-corrected chi connectivity index (χ4v) is 3.82. The van der Waals surface area contributed by atoms with Crippen LogP contribution in [0.5, 0.6) is 0 Å². The number of thioether (sulfide) groups is 1. The predicted octanol–water partition coefficient (Wildman–Crippen LogP) is 1.54. The highest BCUT2D eigenvalue weighted by Gasteiger charge is 2.19. The maximum absolute atomic E-state index is 12.2. The molecule has 0 fully saturated rings. The van der Waals surface area contributed by atoms with E-state index >= 15 is 0 Å². The third kappa shape index (κ3) is 5.18. The number of rotatable bonds is 9. The van der Waals surface area contributed by atoms with Crippen molar-refractivity contribution in [3.05, 3.63) is 18.0 Å². The van der Waals surface area contributed by atoms with Crippen molar-refractivity contribution >= 4 is 21.8 Å². The molecular formula is C12H23N3O2S2. The van der Waals surface area contributed by atoms with Gasteiger partial charge in [-0.25, -0.2) is 13.1 Å². The van der Waals surface area contributed by atoms with Gasteiger partial charge in [-0.05, 0) is 25.3 Å². The fourth-order valence-electron chi connectivity index (χ4n) is 1.66. The van der Waals surface area contributed by atoms with Gasteiger partial charge in [0, 0.05) is 30.2 Å². The first kappa shape index (κ1) is 16.6. The number of sulfonamides is 1. The molecule has 1 rings (SSSR count). The number of nitrogens with one attached hydrogen (secondary N) is 3. The molecule has 3 N–H and O–H groups in total. The third-order valence-electron chi connectivity index (χ3n) is 2.77. The fraction of sp³-hybridized carbons (Fsp3) is 0.667. The Hall–Kier alpha value is -0.500. The molecular weight excluding hydrogens is 282 g/mol. The summed E-state index contributed by atoms with van der Waals surface area (Å²) < 4.78 is 27.1. The largest absolute Gasteiger partial charge is 0.363 e. The first-order valence-electron chi connectivity index (χ1n) is 6.42. The van der Waals surface area contributed by atoms with Crippen LogP contribution in [-0.2, 0) is 16.6 Å². The summed E-state index contributed by atoms with van der Waals surface area (Å²) in [4.78, 5) is 3.29. The second-order valence-corrected chi connectivity index (χ2v) is 6.95. The van der Waals surface area contributed by atoms with E-state index in [9.17, 15) is 8.42 Å². The van der Waals surface area contributed by atoms with Gasteiger partial charge in [0.1, 0.15) is 0 Å². The van der Waals surface area contributed by atoms with Gasteiger partial charge in [0.05, 0.1) is 4.90 Å². The molecule has 7 heteroatoms. The van der Waals surface area contributed by atoms with Crippen LogP contribution in [0, 0.1) is 0 Å². The van der Waals surface area contributed by atoms with E-state index in [4.69, 9.17) is 0 Å². The average Bonchev–Trinajstić information content (AvgIpc) is 2.85. The number of aromatic amines is 1. The van der Waals surface area contributed by atoms with Crippen molar-refractivity contribution in [3.8, 4) is 0 Å². The van der Waals surface area contributed by atoms with Crippen LogP contribution in [0.3, 0.4) is 0 Å². The SMILES string of the molecule is CCNCc1cc(S(=O)(=O)NC(CC)CSC)c[nH]1. The summed E-state index contributed by atoms with van der Waals surface area (Å²) in [6.07, 6.45) is 4.30. The van der Waals surface area contributed by atoms with Crippen LogP contribution in [0.15, 0.2) is 17.2 Å². The van der Waals surface area contributed by atoms with Gasteiger partial charge in [0.15, 0.2) is 0 Å². The minimum absolute atomic E-state index is 0.0212. The zero-order valence-electron chi connectivity index (χ0n) is 11.7. The van der Waals surface area contributed by atoms with Crippen LogP contribution in [0.25, 0.3) is 0 Å². The Balaban J connectivity index is 2.73. The van der Waals surface area contributed by atoms with E-state index in [0.717, 1.165) is 24.4 Å². The van der Waals surface area contributed by atoms with Crippen molar-refractivity contribution in [2.45, 2.75) is 37.8 Å². The monoisotopic (exact) mass is 305 g/mol. The lowest BCUT2D eigenvalue weighted by Gasteiger charge is -2.15. The highest BCUT2D eigenvalue weighted by Crippen LogP contribution is 2.13. The standard InChI is InChI=1S/C12H23N3O2S2/c1-4-10(9-18-3)15-19(16,17)12-6-11(14-8-12)7-13-5-2/h6,8,10,13-15H,4-5,7,9H2,1-3H3. The minimum Gasteiger partial charge on any atom is -0.363 e. The van der Waals surface area contributed by atoms with Gasteiger partial charge in [-0.3, -0.25) is 0 Å². The molecule has 110 valence electrons. The molecule has 1 aromatic rings. The van der Waals surface area contributed by atoms with E-state index in [1.54, 1.807) is 24.0 Å². The van der Waals surface area contributed by atoms with Crippen LogP contribution in [0.2, 0.25) is 0 Å². The molecule has 0 saturated carbocycles. The number of hydrogen-bond donors (Lipinski definition) is 3. The highest BCUT2D eigenvalue weighted by atomic mass is 32.2. The molecule has 19 heavy (non-hydrogen) atoms. The molecule has 0 spiro atoms. The Morgan fingerprint density at radius 3 is 2.74 bits per heavy atom. The number of hydrogen-bond acceptors (Lipinski definition) is 4.